The Hall–Kier alpha value is -1.91. The number of benzene rings is 1. The second-order valence-corrected chi connectivity index (χ2v) is 8.04. The fourth-order valence-electron chi connectivity index (χ4n) is 1.55. The normalized spacial score (nSPS) is 12.4. The third kappa shape index (κ3) is 3.60. The number of sulfonamides is 1. The average Bonchev–Trinajstić information content (AvgIpc) is 2.88. The summed E-state index contributed by atoms with van der Waals surface area (Å²) in [5.74, 6) is 0. The van der Waals surface area contributed by atoms with Gasteiger partial charge in [0, 0.05) is 12.3 Å². The molecule has 0 atom stereocenters. The predicted octanol–water partition coefficient (Wildman–Crippen LogP) is 0.139. The first-order valence-electron chi connectivity index (χ1n) is 5.68. The van der Waals surface area contributed by atoms with Crippen LogP contribution in [0.15, 0.2) is 44.8 Å². The molecular weight excluding hydrogens is 318 g/mol. The van der Waals surface area contributed by atoms with Gasteiger partial charge < -0.3 is 10.3 Å². The molecule has 0 fully saturated rings. The Labute approximate surface area is 121 Å². The first kappa shape index (κ1) is 15.5. The number of hydrogen-bond acceptors (Lipinski definition) is 7. The Kier molecular flexibility index (Phi) is 4.03. The van der Waals surface area contributed by atoms with E-state index in [4.69, 9.17) is 5.73 Å². The number of sulfone groups is 1. The standard InChI is InChI=1S/C11H13N3O5S2/c1-20(15,16)9-2-3-10(12)11(6-9)21(17,18)13-7-8-4-5-19-14-8/h2-6,13H,7,12H2,1H3. The number of anilines is 1. The molecule has 0 saturated heterocycles. The summed E-state index contributed by atoms with van der Waals surface area (Å²) in [5.41, 5.74) is 5.96. The van der Waals surface area contributed by atoms with Crippen molar-refractivity contribution in [2.75, 3.05) is 12.0 Å². The molecule has 2 rings (SSSR count). The van der Waals surface area contributed by atoms with Gasteiger partial charge in [0.1, 0.15) is 11.2 Å². The largest absolute Gasteiger partial charge is 0.398 e. The zero-order valence-electron chi connectivity index (χ0n) is 11.0. The van der Waals surface area contributed by atoms with Gasteiger partial charge in [0.15, 0.2) is 9.84 Å². The number of nitrogen functional groups attached to an aromatic ring is 1. The molecule has 0 aliphatic heterocycles. The highest BCUT2D eigenvalue weighted by Gasteiger charge is 2.20. The monoisotopic (exact) mass is 331 g/mol. The molecular formula is C11H13N3O5S2. The van der Waals surface area contributed by atoms with E-state index in [2.05, 4.69) is 14.4 Å². The summed E-state index contributed by atoms with van der Waals surface area (Å²) in [6, 6.07) is 5.01. The summed E-state index contributed by atoms with van der Waals surface area (Å²) in [5, 5.41) is 3.56. The average molecular weight is 331 g/mol. The SMILES string of the molecule is CS(=O)(=O)c1ccc(N)c(S(=O)(=O)NCc2ccon2)c1. The number of nitrogens with two attached hydrogens (primary N) is 1. The van der Waals surface area contributed by atoms with Crippen LogP contribution < -0.4 is 10.5 Å². The molecule has 0 saturated carbocycles. The van der Waals surface area contributed by atoms with E-state index >= 15 is 0 Å². The summed E-state index contributed by atoms with van der Waals surface area (Å²) in [6.07, 6.45) is 2.29. The molecule has 0 spiro atoms. The van der Waals surface area contributed by atoms with Crippen molar-refractivity contribution in [3.63, 3.8) is 0 Å². The van der Waals surface area contributed by atoms with E-state index in [1.54, 1.807) is 0 Å². The maximum Gasteiger partial charge on any atom is 0.243 e. The lowest BCUT2D eigenvalue weighted by Crippen LogP contribution is -2.24. The van der Waals surface area contributed by atoms with Gasteiger partial charge in [-0.3, -0.25) is 0 Å². The first-order valence-corrected chi connectivity index (χ1v) is 9.06. The molecule has 1 aromatic heterocycles. The number of nitrogens with one attached hydrogen (secondary N) is 1. The van der Waals surface area contributed by atoms with Crippen LogP contribution >= 0.6 is 0 Å². The van der Waals surface area contributed by atoms with Crippen molar-refractivity contribution in [1.29, 1.82) is 0 Å². The molecule has 21 heavy (non-hydrogen) atoms. The van der Waals surface area contributed by atoms with E-state index in [0.717, 1.165) is 12.3 Å². The summed E-state index contributed by atoms with van der Waals surface area (Å²) in [6.45, 7) is -0.0959. The van der Waals surface area contributed by atoms with Crippen LogP contribution in [0.25, 0.3) is 0 Å². The fraction of sp³-hybridized carbons (Fsp3) is 0.182. The van der Waals surface area contributed by atoms with Crippen molar-refractivity contribution in [2.24, 2.45) is 0 Å². The Morgan fingerprint density at radius 1 is 1.24 bits per heavy atom. The Morgan fingerprint density at radius 2 is 1.95 bits per heavy atom. The fourth-order valence-corrected chi connectivity index (χ4v) is 3.43. The van der Waals surface area contributed by atoms with Crippen LogP contribution in [0.3, 0.4) is 0 Å². The van der Waals surface area contributed by atoms with Crippen molar-refractivity contribution in [2.45, 2.75) is 16.3 Å². The predicted molar refractivity (Wildman–Crippen MR) is 74.5 cm³/mol. The zero-order valence-corrected chi connectivity index (χ0v) is 12.6. The molecule has 0 radical (unpaired) electrons. The number of nitrogens with zero attached hydrogens (tertiary/aromatic N) is 1. The molecule has 0 aliphatic carbocycles. The first-order chi connectivity index (χ1) is 9.70. The molecule has 1 heterocycles. The number of rotatable bonds is 5. The van der Waals surface area contributed by atoms with Gasteiger partial charge in [-0.05, 0) is 18.2 Å². The maximum atomic E-state index is 12.2. The van der Waals surface area contributed by atoms with Crippen LogP contribution in [0.1, 0.15) is 5.69 Å². The molecule has 0 unspecified atom stereocenters. The maximum absolute atomic E-state index is 12.2. The van der Waals surface area contributed by atoms with Gasteiger partial charge in [0.2, 0.25) is 10.0 Å². The second kappa shape index (κ2) is 5.47. The van der Waals surface area contributed by atoms with Crippen LogP contribution in [-0.4, -0.2) is 28.2 Å². The van der Waals surface area contributed by atoms with Gasteiger partial charge >= 0.3 is 0 Å². The van der Waals surface area contributed by atoms with Crippen molar-refractivity contribution in [1.82, 2.24) is 9.88 Å². The highest BCUT2D eigenvalue weighted by atomic mass is 32.2. The third-order valence-corrected chi connectivity index (χ3v) is 5.20. The lowest BCUT2D eigenvalue weighted by Gasteiger charge is -2.09. The molecule has 0 amide bonds. The Bertz CT molecular complexity index is 842. The van der Waals surface area contributed by atoms with E-state index in [1.165, 1.54) is 24.5 Å². The third-order valence-electron chi connectivity index (χ3n) is 2.64. The Balaban J connectivity index is 2.35. The second-order valence-electron chi connectivity index (χ2n) is 4.29. The van der Waals surface area contributed by atoms with Gasteiger partial charge in [-0.1, -0.05) is 5.16 Å². The molecule has 1 aromatic carbocycles. The van der Waals surface area contributed by atoms with E-state index in [-0.39, 0.29) is 22.0 Å². The summed E-state index contributed by atoms with van der Waals surface area (Å²) in [4.78, 5) is -0.424. The van der Waals surface area contributed by atoms with E-state index in [1.807, 2.05) is 0 Å². The number of aromatic nitrogens is 1. The summed E-state index contributed by atoms with van der Waals surface area (Å²) >= 11 is 0. The Morgan fingerprint density at radius 3 is 2.52 bits per heavy atom. The van der Waals surface area contributed by atoms with Crippen molar-refractivity contribution < 1.29 is 21.4 Å². The molecule has 3 N–H and O–H groups in total. The van der Waals surface area contributed by atoms with Crippen LogP contribution in [-0.2, 0) is 26.4 Å². The van der Waals surface area contributed by atoms with Gasteiger partial charge in [-0.2, -0.15) is 0 Å². The summed E-state index contributed by atoms with van der Waals surface area (Å²) < 4.78 is 54.2. The highest BCUT2D eigenvalue weighted by Crippen LogP contribution is 2.22. The van der Waals surface area contributed by atoms with Gasteiger partial charge in [0.25, 0.3) is 0 Å². The summed E-state index contributed by atoms with van der Waals surface area (Å²) in [7, 11) is -7.51. The molecule has 114 valence electrons. The number of hydrogen-bond donors (Lipinski definition) is 2. The molecule has 0 bridgehead atoms. The molecule has 2 aromatic rings. The lowest BCUT2D eigenvalue weighted by molar-refractivity contribution is 0.411. The van der Waals surface area contributed by atoms with E-state index in [0.29, 0.717) is 5.69 Å². The van der Waals surface area contributed by atoms with Crippen molar-refractivity contribution in [3.8, 4) is 0 Å². The topological polar surface area (TPSA) is 132 Å². The smallest absolute Gasteiger partial charge is 0.243 e. The van der Waals surface area contributed by atoms with Crippen molar-refractivity contribution in [3.05, 3.63) is 36.2 Å². The van der Waals surface area contributed by atoms with Crippen LogP contribution in [0.5, 0.6) is 0 Å². The van der Waals surface area contributed by atoms with E-state index < -0.39 is 19.9 Å². The van der Waals surface area contributed by atoms with Gasteiger partial charge in [-0.25, -0.2) is 21.6 Å². The van der Waals surface area contributed by atoms with E-state index in [9.17, 15) is 16.8 Å². The zero-order chi connectivity index (χ0) is 15.7. The highest BCUT2D eigenvalue weighted by molar-refractivity contribution is 7.91. The quantitative estimate of drug-likeness (QED) is 0.744. The minimum absolute atomic E-state index is 0.0462. The van der Waals surface area contributed by atoms with Crippen LogP contribution in [0, 0.1) is 0 Å². The minimum atomic E-state index is -3.97. The van der Waals surface area contributed by atoms with Crippen LogP contribution in [0.4, 0.5) is 5.69 Å². The van der Waals surface area contributed by atoms with Crippen LogP contribution in [0.2, 0.25) is 0 Å². The van der Waals surface area contributed by atoms with Gasteiger partial charge in [0.05, 0.1) is 22.8 Å². The minimum Gasteiger partial charge on any atom is -0.398 e. The van der Waals surface area contributed by atoms with Crippen molar-refractivity contribution >= 4 is 25.5 Å². The molecule has 8 nitrogen and oxygen atoms in total. The molecule has 10 heteroatoms. The van der Waals surface area contributed by atoms with Gasteiger partial charge in [-0.15, -0.1) is 0 Å². The molecule has 0 aliphatic rings. The lowest BCUT2D eigenvalue weighted by atomic mass is 10.3.